The molecule has 1 aromatic rings. The largest absolute Gasteiger partial charge is 0.466 e. The van der Waals surface area contributed by atoms with E-state index in [1.54, 1.807) is 6.92 Å². The van der Waals surface area contributed by atoms with E-state index in [1.807, 2.05) is 25.7 Å². The molecule has 0 spiro atoms. The normalized spacial score (nSPS) is 21.5. The molecule has 1 fully saturated rings. The van der Waals surface area contributed by atoms with Crippen LogP contribution in [0.1, 0.15) is 39.8 Å². The molecule has 1 aromatic heterocycles. The molecule has 6 heteroatoms. The number of hydrogen-bond acceptors (Lipinski definition) is 5. The summed E-state index contributed by atoms with van der Waals surface area (Å²) in [7, 11) is 0. The third-order valence-corrected chi connectivity index (χ3v) is 4.57. The molecule has 2 rings (SSSR count). The fourth-order valence-electron chi connectivity index (χ4n) is 3.02. The van der Waals surface area contributed by atoms with Gasteiger partial charge in [0.2, 0.25) is 0 Å². The molecule has 22 heavy (non-hydrogen) atoms. The lowest BCUT2D eigenvalue weighted by atomic mass is 9.76. The molecule has 2 heterocycles. The van der Waals surface area contributed by atoms with E-state index in [2.05, 4.69) is 9.97 Å². The Kier molecular flexibility index (Phi) is 4.98. The van der Waals surface area contributed by atoms with Crippen LogP contribution in [0.2, 0.25) is 0 Å². The lowest BCUT2D eigenvalue weighted by Gasteiger charge is -2.31. The summed E-state index contributed by atoms with van der Waals surface area (Å²) in [4.78, 5) is 22.3. The van der Waals surface area contributed by atoms with Crippen molar-refractivity contribution in [3.63, 3.8) is 0 Å². The lowest BCUT2D eigenvalue weighted by Crippen LogP contribution is -2.41. The van der Waals surface area contributed by atoms with Gasteiger partial charge < -0.3 is 9.64 Å². The number of aryl methyl sites for hydroxylation is 1. The average molecular weight is 309 g/mol. The summed E-state index contributed by atoms with van der Waals surface area (Å²) in [5.74, 6) is -0.170. The first-order valence-electron chi connectivity index (χ1n) is 7.87. The number of aromatic nitrogens is 2. The smallest absolute Gasteiger partial charge is 0.314 e. The second-order valence-corrected chi connectivity index (χ2v) is 6.01. The summed E-state index contributed by atoms with van der Waals surface area (Å²) in [5, 5.41) is 0. The van der Waals surface area contributed by atoms with E-state index in [1.165, 1.54) is 6.33 Å². The Morgan fingerprint density at radius 1 is 1.45 bits per heavy atom. The predicted octanol–water partition coefficient (Wildman–Crippen LogP) is 2.59. The molecule has 0 aliphatic carbocycles. The molecule has 1 saturated heterocycles. The number of nitrogens with zero attached hydrogens (tertiary/aromatic N) is 3. The summed E-state index contributed by atoms with van der Waals surface area (Å²) < 4.78 is 19.7. The Balaban J connectivity index is 2.29. The highest BCUT2D eigenvalue weighted by atomic mass is 19.1. The first-order valence-corrected chi connectivity index (χ1v) is 7.87. The second-order valence-electron chi connectivity index (χ2n) is 6.01. The SMILES string of the molecule is CCOC(=O)C1(C(C)C)CCN(c2ncnc(CC)c2F)C1. The molecule has 0 saturated carbocycles. The van der Waals surface area contributed by atoms with Crippen LogP contribution >= 0.6 is 0 Å². The third kappa shape index (κ3) is 2.78. The van der Waals surface area contributed by atoms with Crippen LogP contribution in [0.4, 0.5) is 10.2 Å². The van der Waals surface area contributed by atoms with E-state index in [-0.39, 0.29) is 17.7 Å². The molecule has 0 N–H and O–H groups in total. The van der Waals surface area contributed by atoms with Gasteiger partial charge in [0.1, 0.15) is 6.33 Å². The molecule has 1 aliphatic rings. The number of carbonyl (C=O) groups excluding carboxylic acids is 1. The van der Waals surface area contributed by atoms with E-state index in [9.17, 15) is 9.18 Å². The van der Waals surface area contributed by atoms with Gasteiger partial charge in [0.15, 0.2) is 11.6 Å². The van der Waals surface area contributed by atoms with Crippen LogP contribution in [0.15, 0.2) is 6.33 Å². The quantitative estimate of drug-likeness (QED) is 0.783. The van der Waals surface area contributed by atoms with Crippen LogP contribution < -0.4 is 4.90 Å². The molecule has 1 unspecified atom stereocenters. The van der Waals surface area contributed by atoms with Crippen molar-refractivity contribution in [2.75, 3.05) is 24.6 Å². The fourth-order valence-corrected chi connectivity index (χ4v) is 3.02. The van der Waals surface area contributed by atoms with Crippen molar-refractivity contribution in [1.82, 2.24) is 9.97 Å². The van der Waals surface area contributed by atoms with Crippen molar-refractivity contribution in [3.05, 3.63) is 17.8 Å². The first kappa shape index (κ1) is 16.6. The van der Waals surface area contributed by atoms with Crippen molar-refractivity contribution in [2.45, 2.75) is 40.5 Å². The number of carbonyl (C=O) groups is 1. The molecule has 0 aromatic carbocycles. The van der Waals surface area contributed by atoms with E-state index in [4.69, 9.17) is 4.74 Å². The lowest BCUT2D eigenvalue weighted by molar-refractivity contribution is -0.156. The highest BCUT2D eigenvalue weighted by Crippen LogP contribution is 2.41. The summed E-state index contributed by atoms with van der Waals surface area (Å²) >= 11 is 0. The molecular formula is C16H24FN3O2. The highest BCUT2D eigenvalue weighted by Gasteiger charge is 2.49. The second kappa shape index (κ2) is 6.58. The molecule has 5 nitrogen and oxygen atoms in total. The van der Waals surface area contributed by atoms with E-state index >= 15 is 0 Å². The molecular weight excluding hydrogens is 285 g/mol. The monoisotopic (exact) mass is 309 g/mol. The molecule has 122 valence electrons. The Morgan fingerprint density at radius 2 is 2.18 bits per heavy atom. The highest BCUT2D eigenvalue weighted by molar-refractivity contribution is 5.79. The van der Waals surface area contributed by atoms with Crippen molar-refractivity contribution in [1.29, 1.82) is 0 Å². The van der Waals surface area contributed by atoms with Crippen LogP contribution in [0.3, 0.4) is 0 Å². The molecule has 0 amide bonds. The maximum Gasteiger partial charge on any atom is 0.314 e. The number of ether oxygens (including phenoxy) is 1. The maximum absolute atomic E-state index is 14.4. The molecule has 1 aliphatic heterocycles. The summed E-state index contributed by atoms with van der Waals surface area (Å²) in [6.07, 6.45) is 2.55. The predicted molar refractivity (Wildman–Crippen MR) is 82.1 cm³/mol. The summed E-state index contributed by atoms with van der Waals surface area (Å²) in [5.41, 5.74) is -0.192. The van der Waals surface area contributed by atoms with Crippen LogP contribution in [-0.2, 0) is 16.0 Å². The zero-order valence-electron chi connectivity index (χ0n) is 13.7. The third-order valence-electron chi connectivity index (χ3n) is 4.57. The Labute approximate surface area is 130 Å². The number of halogens is 1. The number of esters is 1. The zero-order chi connectivity index (χ0) is 16.3. The van der Waals surface area contributed by atoms with Crippen molar-refractivity contribution in [3.8, 4) is 0 Å². The number of rotatable bonds is 5. The minimum atomic E-state index is -0.597. The van der Waals surface area contributed by atoms with Crippen LogP contribution in [0, 0.1) is 17.2 Å². The van der Waals surface area contributed by atoms with Crippen LogP contribution in [-0.4, -0.2) is 35.6 Å². The average Bonchev–Trinajstić information content (AvgIpc) is 2.94. The van der Waals surface area contributed by atoms with Crippen LogP contribution in [0.25, 0.3) is 0 Å². The number of anilines is 1. The van der Waals surface area contributed by atoms with E-state index in [0.717, 1.165) is 0 Å². The maximum atomic E-state index is 14.4. The van der Waals surface area contributed by atoms with Gasteiger partial charge in [-0.25, -0.2) is 14.4 Å². The van der Waals surface area contributed by atoms with E-state index < -0.39 is 5.41 Å². The van der Waals surface area contributed by atoms with E-state index in [0.29, 0.717) is 44.0 Å². The Hall–Kier alpha value is -1.72. The molecule has 0 radical (unpaired) electrons. The van der Waals surface area contributed by atoms with Gasteiger partial charge in [-0.3, -0.25) is 4.79 Å². The van der Waals surface area contributed by atoms with Crippen molar-refractivity contribution in [2.24, 2.45) is 11.3 Å². The number of hydrogen-bond donors (Lipinski definition) is 0. The van der Waals surface area contributed by atoms with Gasteiger partial charge in [-0.15, -0.1) is 0 Å². The van der Waals surface area contributed by atoms with Gasteiger partial charge in [-0.2, -0.15) is 0 Å². The zero-order valence-corrected chi connectivity index (χ0v) is 13.7. The minimum Gasteiger partial charge on any atom is -0.466 e. The topological polar surface area (TPSA) is 55.3 Å². The Bertz CT molecular complexity index is 550. The van der Waals surface area contributed by atoms with Crippen LogP contribution in [0.5, 0.6) is 0 Å². The summed E-state index contributed by atoms with van der Waals surface area (Å²) in [6.45, 7) is 9.05. The Morgan fingerprint density at radius 3 is 2.77 bits per heavy atom. The van der Waals surface area contributed by atoms with Crippen molar-refractivity contribution >= 4 is 11.8 Å². The van der Waals surface area contributed by atoms with Gasteiger partial charge in [0.25, 0.3) is 0 Å². The summed E-state index contributed by atoms with van der Waals surface area (Å²) in [6, 6.07) is 0. The van der Waals surface area contributed by atoms with Gasteiger partial charge in [0.05, 0.1) is 17.7 Å². The van der Waals surface area contributed by atoms with Gasteiger partial charge >= 0.3 is 5.97 Å². The van der Waals surface area contributed by atoms with Crippen molar-refractivity contribution < 1.29 is 13.9 Å². The first-order chi connectivity index (χ1) is 10.5. The van der Waals surface area contributed by atoms with Gasteiger partial charge in [0, 0.05) is 13.1 Å². The van der Waals surface area contributed by atoms with Gasteiger partial charge in [-0.1, -0.05) is 20.8 Å². The standard InChI is InChI=1S/C16H24FN3O2/c1-5-12-13(17)14(19-10-18-12)20-8-7-16(9-20,11(3)4)15(21)22-6-2/h10-11H,5-9H2,1-4H3. The minimum absolute atomic E-state index is 0.118. The fraction of sp³-hybridized carbons (Fsp3) is 0.688. The molecule has 0 bridgehead atoms. The molecule has 1 atom stereocenters. The van der Waals surface area contributed by atoms with Gasteiger partial charge in [-0.05, 0) is 25.7 Å².